The van der Waals surface area contributed by atoms with Crippen LogP contribution in [0.2, 0.25) is 5.15 Å². The molecule has 3 aliphatic heterocycles. The third-order valence-corrected chi connectivity index (χ3v) is 10.5. The topological polar surface area (TPSA) is 284 Å². The Bertz CT molecular complexity index is 2610. The Balaban J connectivity index is 0.000000206. The van der Waals surface area contributed by atoms with Crippen LogP contribution in [0.3, 0.4) is 0 Å². The molecule has 72 heavy (non-hydrogen) atoms. The first-order valence-corrected chi connectivity index (χ1v) is 23.6. The Kier molecular flexibility index (Phi) is 23.1. The number of nitrogens with one attached hydrogen (secondary N) is 3. The van der Waals surface area contributed by atoms with Gasteiger partial charge in [0.15, 0.2) is 0 Å². The Morgan fingerprint density at radius 3 is 1.61 bits per heavy atom. The average Bonchev–Trinajstić information content (AvgIpc) is 4.08. The highest BCUT2D eigenvalue weighted by molar-refractivity contribution is 6.29. The summed E-state index contributed by atoms with van der Waals surface area (Å²) in [6.45, 7) is 23.3. The highest BCUT2D eigenvalue weighted by atomic mass is 35.5. The molecule has 0 saturated carbocycles. The highest BCUT2D eigenvalue weighted by Gasteiger charge is 2.24. The van der Waals surface area contributed by atoms with E-state index < -0.39 is 0 Å². The van der Waals surface area contributed by atoms with Crippen LogP contribution in [0.5, 0.6) is 0 Å². The maximum absolute atomic E-state index is 12.3. The van der Waals surface area contributed by atoms with Gasteiger partial charge in [0.05, 0.1) is 28.1 Å². The summed E-state index contributed by atoms with van der Waals surface area (Å²) in [5.41, 5.74) is 2.89. The lowest BCUT2D eigenvalue weighted by atomic mass is 10.1. The third-order valence-electron chi connectivity index (χ3n) is 10.3. The summed E-state index contributed by atoms with van der Waals surface area (Å²) in [5.74, 6) is 2.89. The number of pyridine rings is 3. The van der Waals surface area contributed by atoms with Crippen molar-refractivity contribution in [3.05, 3.63) is 100 Å². The Hall–Kier alpha value is -7.93. The number of amides is 3. The molecule has 5 aromatic heterocycles. The predicted molar refractivity (Wildman–Crippen MR) is 269 cm³/mol. The number of rotatable bonds is 6. The quantitative estimate of drug-likeness (QED) is 0.0878. The van der Waals surface area contributed by atoms with E-state index in [0.29, 0.717) is 53.9 Å². The second-order valence-electron chi connectivity index (χ2n) is 17.6. The molecule has 0 aromatic carbocycles. The number of hydrogen-bond acceptors (Lipinski definition) is 19. The normalized spacial score (nSPS) is 14.1. The van der Waals surface area contributed by atoms with Gasteiger partial charge in [0.25, 0.3) is 5.88 Å². The van der Waals surface area contributed by atoms with Gasteiger partial charge >= 0.3 is 12.1 Å². The fraction of sp³-hybridized carbons (Fsp3) is 0.449. The van der Waals surface area contributed by atoms with Crippen LogP contribution >= 0.6 is 11.6 Å². The lowest BCUT2D eigenvalue weighted by molar-refractivity contribution is 0.0228. The minimum Gasteiger partial charge on any atom is -0.444 e. The summed E-state index contributed by atoms with van der Waals surface area (Å²) in [7, 11) is 0. The van der Waals surface area contributed by atoms with Crippen molar-refractivity contribution in [1.29, 1.82) is 15.8 Å². The number of halogens is 1. The zero-order valence-corrected chi connectivity index (χ0v) is 42.4. The summed E-state index contributed by atoms with van der Waals surface area (Å²) >= 11 is 5.45. The van der Waals surface area contributed by atoms with Gasteiger partial charge in [-0.3, -0.25) is 5.32 Å². The standard InChI is InChI=1S/C17H20N6O2.C10H12N4.C9H18N2O2.C7H8N2O2.C6H3ClN2/c1-12(2)14-9-16(25-21-14)20-17(24)23-7-5-22(6-8-23)15-4-3-13(10-18)11-19-15;11-7-9-1-2-10(13-8-9)14-5-3-12-4-6-14;1-9(2,3)13-8(12)11-6-4-10-5-7-11;1-5(2)6-3-7(8-4-10)11-9-6;7-6-2-1-5(3-8)4-9-6/h3-4,9,11-12H,5-8H2,1-2H3,(H,20,24);1-2,8,12H,3-6H2;10H,4-7H2,1-3H3;3,5H,1-2H3;1-2,4H. The van der Waals surface area contributed by atoms with Crippen LogP contribution in [-0.4, -0.2) is 137 Å². The lowest BCUT2D eigenvalue weighted by Crippen LogP contribution is -2.50. The van der Waals surface area contributed by atoms with Crippen LogP contribution in [0.4, 0.5) is 33.0 Å². The summed E-state index contributed by atoms with van der Waals surface area (Å²) < 4.78 is 15.1. The number of anilines is 3. The van der Waals surface area contributed by atoms with Crippen LogP contribution in [0.15, 0.2) is 81.2 Å². The highest BCUT2D eigenvalue weighted by Crippen LogP contribution is 2.21. The first-order chi connectivity index (χ1) is 34.5. The molecule has 8 rings (SSSR count). The second-order valence-corrected chi connectivity index (χ2v) is 18.0. The molecule has 0 radical (unpaired) electrons. The van der Waals surface area contributed by atoms with Crippen molar-refractivity contribution in [2.45, 2.75) is 65.9 Å². The van der Waals surface area contributed by atoms with Crippen molar-refractivity contribution in [1.82, 2.24) is 45.7 Å². The Morgan fingerprint density at radius 1 is 0.694 bits per heavy atom. The van der Waals surface area contributed by atoms with E-state index in [0.717, 1.165) is 75.4 Å². The lowest BCUT2D eigenvalue weighted by Gasteiger charge is -2.35. The fourth-order valence-electron chi connectivity index (χ4n) is 6.38. The number of isocyanates is 1. The van der Waals surface area contributed by atoms with Crippen LogP contribution < -0.4 is 25.8 Å². The molecular weight excluding hydrogens is 944 g/mol. The van der Waals surface area contributed by atoms with Crippen molar-refractivity contribution in [2.75, 3.05) is 93.7 Å². The first-order valence-electron chi connectivity index (χ1n) is 23.2. The van der Waals surface area contributed by atoms with E-state index in [1.807, 2.05) is 72.7 Å². The van der Waals surface area contributed by atoms with Crippen molar-refractivity contribution >= 4 is 53.2 Å². The molecule has 0 aliphatic carbocycles. The van der Waals surface area contributed by atoms with E-state index in [4.69, 9.17) is 36.6 Å². The average molecular weight is 1010 g/mol. The SMILES string of the molecule is CC(C)(C)OC(=O)N1CCNCC1.CC(C)c1cc(N=C=O)on1.CC(C)c1cc(NC(=O)N2CCN(c3ccc(C#N)cn3)CC2)on1.N#Cc1ccc(Cl)nc1.N#Cc1ccc(N2CCNCC2)nc1. The molecule has 3 aliphatic rings. The number of hydrogen-bond donors (Lipinski definition) is 3. The minimum atomic E-state index is -0.387. The van der Waals surface area contributed by atoms with Gasteiger partial charge < -0.3 is 44.0 Å². The van der Waals surface area contributed by atoms with Crippen LogP contribution in [0.25, 0.3) is 0 Å². The number of aromatic nitrogens is 5. The van der Waals surface area contributed by atoms with Crippen molar-refractivity contribution in [3.8, 4) is 18.2 Å². The van der Waals surface area contributed by atoms with Crippen molar-refractivity contribution < 1.29 is 28.2 Å². The number of nitriles is 3. The molecule has 0 spiro atoms. The van der Waals surface area contributed by atoms with E-state index in [-0.39, 0.29) is 35.4 Å². The van der Waals surface area contributed by atoms with E-state index in [1.54, 1.807) is 52.5 Å². The van der Waals surface area contributed by atoms with Gasteiger partial charge in [-0.1, -0.05) is 49.6 Å². The van der Waals surface area contributed by atoms with Gasteiger partial charge in [-0.2, -0.15) is 15.8 Å². The molecule has 5 aromatic rings. The molecule has 3 saturated heterocycles. The number of urea groups is 1. The molecule has 8 heterocycles. The van der Waals surface area contributed by atoms with Gasteiger partial charge in [0, 0.05) is 109 Å². The van der Waals surface area contributed by atoms with Gasteiger partial charge in [-0.05, 0) is 69.0 Å². The largest absolute Gasteiger partial charge is 0.444 e. The van der Waals surface area contributed by atoms with Gasteiger partial charge in [0.1, 0.15) is 40.6 Å². The summed E-state index contributed by atoms with van der Waals surface area (Å²) in [5, 5.41) is 43.0. The molecule has 3 N–H and O–H groups in total. The molecule has 3 amide bonds. The van der Waals surface area contributed by atoms with Gasteiger partial charge in [-0.25, -0.2) is 29.3 Å². The number of carbonyl (C=O) groups is 2. The van der Waals surface area contributed by atoms with Crippen LogP contribution in [0, 0.1) is 34.0 Å². The van der Waals surface area contributed by atoms with E-state index in [9.17, 15) is 14.4 Å². The van der Waals surface area contributed by atoms with E-state index in [2.05, 4.69) is 72.7 Å². The summed E-state index contributed by atoms with van der Waals surface area (Å²) in [6.07, 6.45) is 5.79. The number of aliphatic imine (C=N–C) groups is 1. The molecular formula is C49H61ClN16O6. The second kappa shape index (κ2) is 29.3. The van der Waals surface area contributed by atoms with Crippen LogP contribution in [-0.2, 0) is 9.53 Å². The van der Waals surface area contributed by atoms with Crippen molar-refractivity contribution in [3.63, 3.8) is 0 Å². The Morgan fingerprint density at radius 2 is 1.18 bits per heavy atom. The van der Waals surface area contributed by atoms with Gasteiger partial charge in [-0.15, -0.1) is 4.99 Å². The summed E-state index contributed by atoms with van der Waals surface area (Å²) in [4.78, 5) is 56.9. The number of carbonyl (C=O) groups excluding carboxylic acids is 3. The smallest absolute Gasteiger partial charge is 0.410 e. The monoisotopic (exact) mass is 1000 g/mol. The molecule has 3 fully saturated rings. The zero-order chi connectivity index (χ0) is 52.5. The van der Waals surface area contributed by atoms with Crippen molar-refractivity contribution in [2.24, 2.45) is 4.99 Å². The molecule has 0 unspecified atom stereocenters. The number of piperazine rings is 3. The van der Waals surface area contributed by atoms with E-state index >= 15 is 0 Å². The molecule has 0 bridgehead atoms. The predicted octanol–water partition coefficient (Wildman–Crippen LogP) is 6.98. The fourth-order valence-corrected chi connectivity index (χ4v) is 6.49. The maximum atomic E-state index is 12.3. The first kappa shape index (κ1) is 56.7. The molecule has 0 atom stereocenters. The maximum Gasteiger partial charge on any atom is 0.410 e. The molecule has 23 heteroatoms. The zero-order valence-electron chi connectivity index (χ0n) is 41.6. The minimum absolute atomic E-state index is 0.195. The Labute approximate surface area is 424 Å². The number of ether oxygens (including phenoxy) is 1. The number of nitrogens with zero attached hydrogens (tertiary/aromatic N) is 13. The van der Waals surface area contributed by atoms with E-state index in [1.165, 1.54) is 12.3 Å². The molecule has 380 valence electrons. The van der Waals surface area contributed by atoms with Gasteiger partial charge in [0.2, 0.25) is 12.0 Å². The van der Waals surface area contributed by atoms with Crippen LogP contribution in [0.1, 0.15) is 88.4 Å². The molecule has 22 nitrogen and oxygen atoms in total. The summed E-state index contributed by atoms with van der Waals surface area (Å²) in [6, 6.07) is 19.7. The third kappa shape index (κ3) is 19.8.